The summed E-state index contributed by atoms with van der Waals surface area (Å²) in [4.78, 5) is 21.4. The number of fused-ring (bicyclic) bond motifs is 1. The molecule has 0 aromatic rings. The van der Waals surface area contributed by atoms with E-state index in [4.69, 9.17) is 23.3 Å². The van der Waals surface area contributed by atoms with Crippen LogP contribution in [-0.4, -0.2) is 46.0 Å². The minimum atomic E-state index is -3.09. The molecular weight excluding hydrogens is 452 g/mol. The van der Waals surface area contributed by atoms with Crippen molar-refractivity contribution in [3.8, 4) is 0 Å². The summed E-state index contributed by atoms with van der Waals surface area (Å²) in [5.74, 6) is 8.75. The summed E-state index contributed by atoms with van der Waals surface area (Å²) in [5.41, 5.74) is 0.739. The van der Waals surface area contributed by atoms with Crippen molar-refractivity contribution < 1.29 is 13.6 Å². The highest BCUT2D eigenvalue weighted by atomic mass is 35.5. The molecule has 33 heavy (non-hydrogen) atoms. The second kappa shape index (κ2) is 10.6. The van der Waals surface area contributed by atoms with Gasteiger partial charge in [-0.15, -0.1) is 0 Å². The van der Waals surface area contributed by atoms with Gasteiger partial charge in [-0.25, -0.2) is 30.5 Å². The number of amidine groups is 1. The summed E-state index contributed by atoms with van der Waals surface area (Å²) in [6.07, 6.45) is 6.99. The van der Waals surface area contributed by atoms with Crippen LogP contribution < -0.4 is 17.0 Å². The van der Waals surface area contributed by atoms with Crippen molar-refractivity contribution in [1.82, 2.24) is 15.3 Å². The summed E-state index contributed by atoms with van der Waals surface area (Å²) < 4.78 is 27.4. The summed E-state index contributed by atoms with van der Waals surface area (Å²) in [7, 11) is 0. The molecular formula is C22H32ClF2N7O. The van der Waals surface area contributed by atoms with Gasteiger partial charge in [0.15, 0.2) is 0 Å². The largest absolute Gasteiger partial charge is 0.365 e. The Kier molecular flexibility index (Phi) is 8.56. The van der Waals surface area contributed by atoms with Crippen LogP contribution in [0.25, 0.3) is 0 Å². The lowest BCUT2D eigenvalue weighted by Crippen LogP contribution is -2.62. The Morgan fingerprint density at radius 2 is 2.06 bits per heavy atom. The Bertz CT molecular complexity index is 941. The number of carbonyl (C=O) groups is 1. The Balaban J connectivity index is 2.07. The second-order valence-corrected chi connectivity index (χ2v) is 8.75. The highest BCUT2D eigenvalue weighted by Crippen LogP contribution is 2.32. The number of rotatable bonds is 10. The number of hydrogen-bond donors (Lipinski definition) is 3. The van der Waals surface area contributed by atoms with Crippen molar-refractivity contribution in [2.24, 2.45) is 27.6 Å². The van der Waals surface area contributed by atoms with E-state index in [1.54, 1.807) is 31.6 Å². The standard InChI is InChI=1S/C22H32ClF2N7O/c1-6-21(5,20(33)31(26)13-22(24,25)7-2)32(27)14(3)8-9-28-15(4)18-12-30-19-17(18)10-16(23)11-29-19/h8-9,11-12,17,28H,3,6-7,10,13,26-27H2,1-2,4-5H3/b9-8-,18-15?/t17?,21-/m0/s1. The van der Waals surface area contributed by atoms with Crippen molar-refractivity contribution >= 4 is 29.6 Å². The van der Waals surface area contributed by atoms with Crippen LogP contribution in [0.4, 0.5) is 8.78 Å². The van der Waals surface area contributed by atoms with Gasteiger partial charge in [0.05, 0.1) is 5.92 Å². The maximum Gasteiger partial charge on any atom is 0.266 e. The van der Waals surface area contributed by atoms with Crippen LogP contribution in [0.3, 0.4) is 0 Å². The molecule has 0 saturated heterocycles. The summed E-state index contributed by atoms with van der Waals surface area (Å²) >= 11 is 6.11. The average Bonchev–Trinajstić information content (AvgIpc) is 3.20. The molecule has 182 valence electrons. The van der Waals surface area contributed by atoms with Gasteiger partial charge in [-0.3, -0.25) is 14.8 Å². The third-order valence-corrected chi connectivity index (χ3v) is 6.19. The highest BCUT2D eigenvalue weighted by molar-refractivity contribution is 6.30. The number of nitrogens with one attached hydrogen (secondary N) is 1. The van der Waals surface area contributed by atoms with Gasteiger partial charge in [0, 0.05) is 47.0 Å². The van der Waals surface area contributed by atoms with Crippen molar-refractivity contribution in [1.29, 1.82) is 0 Å². The monoisotopic (exact) mass is 483 g/mol. The molecule has 0 spiro atoms. The van der Waals surface area contributed by atoms with E-state index in [1.165, 1.54) is 13.8 Å². The van der Waals surface area contributed by atoms with Crippen LogP contribution in [0, 0.1) is 5.92 Å². The third-order valence-electron chi connectivity index (χ3n) is 5.94. The number of hydrazine groups is 2. The van der Waals surface area contributed by atoms with E-state index in [0.29, 0.717) is 28.0 Å². The normalized spacial score (nSPS) is 21.2. The molecule has 0 aromatic heterocycles. The fraction of sp³-hybridized carbons (Fsp3) is 0.500. The number of halogens is 3. The predicted molar refractivity (Wildman–Crippen MR) is 128 cm³/mol. The zero-order valence-electron chi connectivity index (χ0n) is 19.4. The van der Waals surface area contributed by atoms with Gasteiger partial charge < -0.3 is 5.32 Å². The number of nitrogens with two attached hydrogens (primary N) is 2. The summed E-state index contributed by atoms with van der Waals surface area (Å²) in [5, 5.41) is 5.48. The second-order valence-electron chi connectivity index (χ2n) is 8.27. The molecule has 8 nitrogen and oxygen atoms in total. The van der Waals surface area contributed by atoms with Crippen molar-refractivity contribution in [2.45, 2.75) is 58.4 Å². The molecule has 2 aliphatic rings. The van der Waals surface area contributed by atoms with Crippen LogP contribution in [0.1, 0.15) is 47.0 Å². The number of alkyl halides is 2. The van der Waals surface area contributed by atoms with Gasteiger partial charge in [0.2, 0.25) is 0 Å². The van der Waals surface area contributed by atoms with Gasteiger partial charge in [0.25, 0.3) is 11.8 Å². The molecule has 0 radical (unpaired) electrons. The van der Waals surface area contributed by atoms with Crippen LogP contribution in [-0.2, 0) is 4.79 Å². The first-order valence-electron chi connectivity index (χ1n) is 10.6. The lowest BCUT2D eigenvalue weighted by molar-refractivity contribution is -0.149. The zero-order valence-corrected chi connectivity index (χ0v) is 20.2. The molecule has 2 aliphatic heterocycles. The first kappa shape index (κ1) is 26.7. The maximum atomic E-state index is 13.7. The number of hydrogen-bond acceptors (Lipinski definition) is 7. The van der Waals surface area contributed by atoms with E-state index < -0.39 is 30.3 Å². The minimum Gasteiger partial charge on any atom is -0.365 e. The molecule has 1 amide bonds. The minimum absolute atomic E-state index is 0.00426. The number of aliphatic imine (C=N–C) groups is 2. The van der Waals surface area contributed by atoms with Gasteiger partial charge in [0.1, 0.15) is 17.9 Å². The van der Waals surface area contributed by atoms with Crippen LogP contribution in [0.15, 0.2) is 57.0 Å². The quantitative estimate of drug-likeness (QED) is 0.190. The van der Waals surface area contributed by atoms with E-state index in [0.717, 1.165) is 16.3 Å². The average molecular weight is 484 g/mol. The topological polar surface area (TPSA) is 112 Å². The van der Waals surface area contributed by atoms with E-state index in [-0.39, 0.29) is 12.3 Å². The molecule has 11 heteroatoms. The van der Waals surface area contributed by atoms with E-state index in [2.05, 4.69) is 21.9 Å². The molecule has 0 fully saturated rings. The lowest BCUT2D eigenvalue weighted by atomic mass is 9.94. The van der Waals surface area contributed by atoms with Gasteiger partial charge in [-0.2, -0.15) is 0 Å². The number of allylic oxidation sites excluding steroid dienone is 3. The molecule has 2 heterocycles. The highest BCUT2D eigenvalue weighted by Gasteiger charge is 2.42. The first-order valence-corrected chi connectivity index (χ1v) is 11.0. The molecule has 0 bridgehead atoms. The Hall–Kier alpha value is -2.56. The van der Waals surface area contributed by atoms with Crippen molar-refractivity contribution in [3.05, 3.63) is 47.1 Å². The van der Waals surface area contributed by atoms with Crippen LogP contribution in [0.2, 0.25) is 0 Å². The van der Waals surface area contributed by atoms with Crippen LogP contribution >= 0.6 is 11.6 Å². The van der Waals surface area contributed by atoms with Gasteiger partial charge in [-0.05, 0) is 32.8 Å². The van der Waals surface area contributed by atoms with Crippen molar-refractivity contribution in [3.63, 3.8) is 0 Å². The molecule has 2 atom stereocenters. The Morgan fingerprint density at radius 1 is 1.39 bits per heavy atom. The molecule has 0 saturated carbocycles. The molecule has 2 rings (SSSR count). The Morgan fingerprint density at radius 3 is 2.67 bits per heavy atom. The molecule has 1 unspecified atom stereocenters. The fourth-order valence-corrected chi connectivity index (χ4v) is 3.63. The first-order chi connectivity index (χ1) is 15.4. The lowest BCUT2D eigenvalue weighted by Gasteiger charge is -2.40. The smallest absolute Gasteiger partial charge is 0.266 e. The SMILES string of the molecule is C=C(/C=C\NC(C)=C1C=NC2=NC=C(Cl)CC21)N(N)[C@@](C)(CC)C(=O)N(N)CC(F)(F)CC. The van der Waals surface area contributed by atoms with Gasteiger partial charge >= 0.3 is 0 Å². The molecule has 0 aliphatic carbocycles. The zero-order chi connectivity index (χ0) is 25.0. The van der Waals surface area contributed by atoms with Crippen molar-refractivity contribution in [2.75, 3.05) is 6.54 Å². The molecule has 5 N–H and O–H groups in total. The fourth-order valence-electron chi connectivity index (χ4n) is 3.43. The number of carbonyl (C=O) groups excluding carboxylic acids is 1. The Labute approximate surface area is 198 Å². The van der Waals surface area contributed by atoms with E-state index >= 15 is 0 Å². The van der Waals surface area contributed by atoms with E-state index in [1.807, 2.05) is 6.92 Å². The molecule has 0 aromatic carbocycles. The number of amides is 1. The maximum absolute atomic E-state index is 13.7. The summed E-state index contributed by atoms with van der Waals surface area (Å²) in [6.45, 7) is 9.48. The third kappa shape index (κ3) is 6.07. The summed E-state index contributed by atoms with van der Waals surface area (Å²) in [6, 6.07) is 0. The predicted octanol–water partition coefficient (Wildman–Crippen LogP) is 3.55. The van der Waals surface area contributed by atoms with Gasteiger partial charge in [-0.1, -0.05) is 32.0 Å². The van der Waals surface area contributed by atoms with Crippen LogP contribution in [0.5, 0.6) is 0 Å². The number of nitrogens with zero attached hydrogens (tertiary/aromatic N) is 4. The van der Waals surface area contributed by atoms with E-state index in [9.17, 15) is 13.6 Å².